The van der Waals surface area contributed by atoms with Crippen molar-refractivity contribution in [1.29, 1.82) is 0 Å². The number of anilines is 1. The van der Waals surface area contributed by atoms with Crippen LogP contribution in [-0.4, -0.2) is 40.4 Å². The van der Waals surface area contributed by atoms with Crippen LogP contribution in [0.15, 0.2) is 53.5 Å². The molecule has 1 N–H and O–H groups in total. The van der Waals surface area contributed by atoms with Crippen molar-refractivity contribution in [3.63, 3.8) is 0 Å². The first-order valence-electron chi connectivity index (χ1n) is 8.76. The molecule has 2 aromatic carbocycles. The number of nitrogens with zero attached hydrogens (tertiary/aromatic N) is 2. The molecule has 28 heavy (non-hydrogen) atoms. The van der Waals surface area contributed by atoms with Crippen LogP contribution in [0, 0.1) is 5.82 Å². The Morgan fingerprint density at radius 2 is 1.82 bits per heavy atom. The van der Waals surface area contributed by atoms with Crippen molar-refractivity contribution in [2.24, 2.45) is 4.99 Å². The summed E-state index contributed by atoms with van der Waals surface area (Å²) in [6.07, 6.45) is 0. The van der Waals surface area contributed by atoms with E-state index in [4.69, 9.17) is 0 Å². The largest absolute Gasteiger partial charge is 0.325 e. The standard InChI is InChI=1S/C21H20FN3O3/c1-13(26)15-5-4-6-17(11-15)23-18(27)12-25-20(28)19(24-21(25,2)3)14-7-9-16(22)10-8-14/h4-11H,12H2,1-3H3,(H,23,27). The first-order valence-corrected chi connectivity index (χ1v) is 8.76. The fourth-order valence-electron chi connectivity index (χ4n) is 2.98. The molecule has 2 aromatic rings. The van der Waals surface area contributed by atoms with E-state index < -0.39 is 23.3 Å². The highest BCUT2D eigenvalue weighted by molar-refractivity contribution is 6.47. The quantitative estimate of drug-likeness (QED) is 0.809. The average molecular weight is 381 g/mol. The zero-order chi connectivity index (χ0) is 20.5. The predicted octanol–water partition coefficient (Wildman–Crippen LogP) is 3.03. The maximum absolute atomic E-state index is 13.1. The van der Waals surface area contributed by atoms with Gasteiger partial charge in [-0.15, -0.1) is 0 Å². The van der Waals surface area contributed by atoms with Crippen LogP contribution in [0.25, 0.3) is 0 Å². The Hall–Kier alpha value is -3.35. The van der Waals surface area contributed by atoms with Gasteiger partial charge < -0.3 is 10.2 Å². The second-order valence-corrected chi connectivity index (χ2v) is 7.04. The Balaban J connectivity index is 1.74. The minimum atomic E-state index is -0.917. The zero-order valence-corrected chi connectivity index (χ0v) is 15.8. The molecule has 0 fully saturated rings. The highest BCUT2D eigenvalue weighted by Gasteiger charge is 2.41. The van der Waals surface area contributed by atoms with Crippen molar-refractivity contribution >= 4 is 29.0 Å². The molecule has 0 bridgehead atoms. The Morgan fingerprint density at radius 1 is 1.14 bits per heavy atom. The first-order chi connectivity index (χ1) is 13.2. The lowest BCUT2D eigenvalue weighted by Crippen LogP contribution is -2.46. The van der Waals surface area contributed by atoms with Gasteiger partial charge in [0.2, 0.25) is 5.91 Å². The molecule has 0 saturated heterocycles. The fourth-order valence-corrected chi connectivity index (χ4v) is 2.98. The highest BCUT2D eigenvalue weighted by Crippen LogP contribution is 2.26. The number of aliphatic imine (C=N–C) groups is 1. The number of benzene rings is 2. The molecule has 1 heterocycles. The number of rotatable bonds is 5. The molecule has 0 spiro atoms. The molecule has 1 aliphatic heterocycles. The summed E-state index contributed by atoms with van der Waals surface area (Å²) in [4.78, 5) is 42.6. The van der Waals surface area contributed by atoms with Crippen molar-refractivity contribution in [2.45, 2.75) is 26.4 Å². The molecule has 144 valence electrons. The summed E-state index contributed by atoms with van der Waals surface area (Å²) >= 11 is 0. The van der Waals surface area contributed by atoms with Crippen molar-refractivity contribution in [1.82, 2.24) is 4.90 Å². The molecule has 0 atom stereocenters. The molecule has 0 saturated carbocycles. The van der Waals surface area contributed by atoms with E-state index in [9.17, 15) is 18.8 Å². The van der Waals surface area contributed by atoms with Gasteiger partial charge in [0.15, 0.2) is 5.78 Å². The van der Waals surface area contributed by atoms with Crippen LogP contribution in [-0.2, 0) is 9.59 Å². The van der Waals surface area contributed by atoms with Crippen LogP contribution in [0.5, 0.6) is 0 Å². The number of carbonyl (C=O) groups excluding carboxylic acids is 3. The van der Waals surface area contributed by atoms with Crippen molar-refractivity contribution in [3.8, 4) is 0 Å². The second kappa shape index (κ2) is 7.34. The third-order valence-electron chi connectivity index (χ3n) is 4.47. The van der Waals surface area contributed by atoms with Gasteiger partial charge in [-0.05, 0) is 57.2 Å². The van der Waals surface area contributed by atoms with Gasteiger partial charge in [0.1, 0.15) is 23.7 Å². The molecule has 6 nitrogen and oxygen atoms in total. The minimum absolute atomic E-state index is 0.107. The van der Waals surface area contributed by atoms with Gasteiger partial charge in [-0.3, -0.25) is 19.4 Å². The summed E-state index contributed by atoms with van der Waals surface area (Å²) < 4.78 is 13.1. The van der Waals surface area contributed by atoms with Gasteiger partial charge in [0.05, 0.1) is 0 Å². The number of nitrogens with one attached hydrogen (secondary N) is 1. The number of ketones is 1. The Morgan fingerprint density at radius 3 is 2.46 bits per heavy atom. The summed E-state index contributed by atoms with van der Waals surface area (Å²) in [5.41, 5.74) is 0.728. The number of amides is 2. The van der Waals surface area contributed by atoms with Crippen molar-refractivity contribution in [2.75, 3.05) is 11.9 Å². The van der Waals surface area contributed by atoms with Gasteiger partial charge in [0, 0.05) is 16.8 Å². The van der Waals surface area contributed by atoms with Crippen molar-refractivity contribution in [3.05, 3.63) is 65.5 Å². The van der Waals surface area contributed by atoms with Crippen LogP contribution < -0.4 is 5.32 Å². The summed E-state index contributed by atoms with van der Waals surface area (Å²) in [7, 11) is 0. The zero-order valence-electron chi connectivity index (χ0n) is 15.8. The molecule has 0 aliphatic carbocycles. The summed E-state index contributed by atoms with van der Waals surface area (Å²) in [6, 6.07) is 12.1. The molecule has 0 unspecified atom stereocenters. The third-order valence-corrected chi connectivity index (χ3v) is 4.47. The normalized spacial score (nSPS) is 15.4. The minimum Gasteiger partial charge on any atom is -0.325 e. The lowest BCUT2D eigenvalue weighted by Gasteiger charge is -2.28. The highest BCUT2D eigenvalue weighted by atomic mass is 19.1. The van der Waals surface area contributed by atoms with E-state index in [1.807, 2.05) is 0 Å². The Kier molecular flexibility index (Phi) is 5.09. The van der Waals surface area contributed by atoms with E-state index in [1.165, 1.54) is 36.1 Å². The summed E-state index contributed by atoms with van der Waals surface area (Å²) in [6.45, 7) is 4.70. The predicted molar refractivity (Wildman–Crippen MR) is 104 cm³/mol. The van der Waals surface area contributed by atoms with E-state index in [0.29, 0.717) is 16.8 Å². The fraction of sp³-hybridized carbons (Fsp3) is 0.238. The number of hydrogen-bond donors (Lipinski definition) is 1. The Bertz CT molecular complexity index is 981. The molecule has 7 heteroatoms. The number of halogens is 1. The van der Waals surface area contributed by atoms with Crippen LogP contribution in [0.1, 0.15) is 36.7 Å². The summed E-state index contributed by atoms with van der Waals surface area (Å²) in [5, 5.41) is 2.70. The van der Waals surface area contributed by atoms with E-state index in [1.54, 1.807) is 38.1 Å². The number of carbonyl (C=O) groups is 3. The molecule has 2 amide bonds. The second-order valence-electron chi connectivity index (χ2n) is 7.04. The maximum Gasteiger partial charge on any atom is 0.275 e. The van der Waals surface area contributed by atoms with Crippen molar-refractivity contribution < 1.29 is 18.8 Å². The number of hydrogen-bond acceptors (Lipinski definition) is 4. The smallest absolute Gasteiger partial charge is 0.275 e. The van der Waals surface area contributed by atoms with E-state index in [0.717, 1.165) is 0 Å². The van der Waals surface area contributed by atoms with Gasteiger partial charge in [0.25, 0.3) is 5.91 Å². The molecular weight excluding hydrogens is 361 g/mol. The molecule has 0 aromatic heterocycles. The molecule has 0 radical (unpaired) electrons. The lowest BCUT2D eigenvalue weighted by molar-refractivity contribution is -0.131. The van der Waals surface area contributed by atoms with Gasteiger partial charge >= 0.3 is 0 Å². The SMILES string of the molecule is CC(=O)c1cccc(NC(=O)CN2C(=O)C(c3ccc(F)cc3)=NC2(C)C)c1. The molecule has 3 rings (SSSR count). The van der Waals surface area contributed by atoms with E-state index in [-0.39, 0.29) is 18.0 Å². The lowest BCUT2D eigenvalue weighted by atomic mass is 10.1. The maximum atomic E-state index is 13.1. The van der Waals surface area contributed by atoms with E-state index >= 15 is 0 Å². The van der Waals surface area contributed by atoms with Gasteiger partial charge in [-0.1, -0.05) is 12.1 Å². The van der Waals surface area contributed by atoms with E-state index in [2.05, 4.69) is 10.3 Å². The monoisotopic (exact) mass is 381 g/mol. The first kappa shape index (κ1) is 19.4. The van der Waals surface area contributed by atoms with Crippen LogP contribution >= 0.6 is 0 Å². The molecular formula is C21H20FN3O3. The van der Waals surface area contributed by atoms with Crippen LogP contribution in [0.2, 0.25) is 0 Å². The van der Waals surface area contributed by atoms with Gasteiger partial charge in [-0.25, -0.2) is 4.39 Å². The average Bonchev–Trinajstić information content (AvgIpc) is 2.86. The summed E-state index contributed by atoms with van der Waals surface area (Å²) in [5.74, 6) is -1.32. The number of Topliss-reactive ketones (excluding diaryl/α,β-unsaturated/α-hetero) is 1. The van der Waals surface area contributed by atoms with Crippen LogP contribution in [0.3, 0.4) is 0 Å². The van der Waals surface area contributed by atoms with Gasteiger partial charge in [-0.2, -0.15) is 0 Å². The van der Waals surface area contributed by atoms with Crippen LogP contribution in [0.4, 0.5) is 10.1 Å². The molecule has 1 aliphatic rings. The topological polar surface area (TPSA) is 78.8 Å². The third kappa shape index (κ3) is 3.98. The Labute approximate surface area is 162 Å².